The van der Waals surface area contributed by atoms with E-state index in [-0.39, 0.29) is 17.5 Å². The standard InChI is InChI=1S/C29H27N5O5/c30-28(36)24-14-15-25(35)33(24)16-4-5-18-8-10-20(11-9-18)31-27(19-6-2-1-3-7-19)26-22-17-21(34(38)39)12-13-23(22)32-29(26)37/h1-3,6-13,17,24,32,37H,4-5,14-16H2,(H2,30,36). The molecule has 1 fully saturated rings. The number of aliphatic imine (C=N–C) groups is 1. The molecule has 1 atom stereocenters. The number of likely N-dealkylation sites (tertiary alicyclic amines) is 1. The fourth-order valence-electron chi connectivity index (χ4n) is 5.01. The van der Waals surface area contributed by atoms with Crippen LogP contribution in [0.2, 0.25) is 0 Å². The van der Waals surface area contributed by atoms with Crippen LogP contribution in [0.3, 0.4) is 0 Å². The molecule has 0 radical (unpaired) electrons. The molecule has 198 valence electrons. The molecule has 2 heterocycles. The van der Waals surface area contributed by atoms with E-state index < -0.39 is 16.9 Å². The number of aromatic hydroxyl groups is 1. The molecule has 0 bridgehead atoms. The highest BCUT2D eigenvalue weighted by Crippen LogP contribution is 2.33. The van der Waals surface area contributed by atoms with Crippen molar-refractivity contribution in [2.45, 2.75) is 31.7 Å². The molecule has 0 saturated carbocycles. The minimum Gasteiger partial charge on any atom is -0.494 e. The number of nitrogens with one attached hydrogen (secondary N) is 1. The number of nitro groups is 1. The van der Waals surface area contributed by atoms with Crippen LogP contribution in [0.5, 0.6) is 5.88 Å². The molecular formula is C29H27N5O5. The lowest BCUT2D eigenvalue weighted by Gasteiger charge is -2.22. The number of carbonyl (C=O) groups excluding carboxylic acids is 2. The summed E-state index contributed by atoms with van der Waals surface area (Å²) < 4.78 is 0. The van der Waals surface area contributed by atoms with E-state index in [0.29, 0.717) is 60.1 Å². The normalized spacial score (nSPS) is 15.7. The van der Waals surface area contributed by atoms with Crippen LogP contribution < -0.4 is 5.73 Å². The topological polar surface area (TPSA) is 155 Å². The van der Waals surface area contributed by atoms with Gasteiger partial charge in [-0.25, -0.2) is 4.99 Å². The van der Waals surface area contributed by atoms with Gasteiger partial charge in [-0.2, -0.15) is 0 Å². The van der Waals surface area contributed by atoms with Crippen LogP contribution in [0, 0.1) is 10.1 Å². The largest absolute Gasteiger partial charge is 0.494 e. The van der Waals surface area contributed by atoms with Crippen LogP contribution >= 0.6 is 0 Å². The van der Waals surface area contributed by atoms with E-state index >= 15 is 0 Å². The van der Waals surface area contributed by atoms with E-state index in [4.69, 9.17) is 10.7 Å². The third-order valence-electron chi connectivity index (χ3n) is 6.96. The summed E-state index contributed by atoms with van der Waals surface area (Å²) in [6, 6.07) is 20.8. The number of H-pyrrole nitrogens is 1. The quantitative estimate of drug-likeness (QED) is 0.168. The van der Waals surface area contributed by atoms with Crippen LogP contribution in [0.1, 0.15) is 36.0 Å². The maximum Gasteiger partial charge on any atom is 0.270 e. The Balaban J connectivity index is 1.41. The van der Waals surface area contributed by atoms with Crippen LogP contribution in [0.15, 0.2) is 77.8 Å². The number of nitro benzene ring substituents is 1. The Hall–Kier alpha value is -4.99. The van der Waals surface area contributed by atoms with E-state index in [1.54, 1.807) is 11.0 Å². The van der Waals surface area contributed by atoms with Gasteiger partial charge in [0.1, 0.15) is 6.04 Å². The van der Waals surface area contributed by atoms with E-state index in [1.165, 1.54) is 12.1 Å². The van der Waals surface area contributed by atoms with E-state index in [2.05, 4.69) is 4.98 Å². The van der Waals surface area contributed by atoms with Crippen molar-refractivity contribution in [1.29, 1.82) is 0 Å². The molecule has 4 aromatic rings. The third-order valence-corrected chi connectivity index (χ3v) is 6.96. The first-order chi connectivity index (χ1) is 18.8. The van der Waals surface area contributed by atoms with E-state index in [0.717, 1.165) is 11.1 Å². The van der Waals surface area contributed by atoms with Gasteiger partial charge in [-0.1, -0.05) is 42.5 Å². The average molecular weight is 526 g/mol. The number of nitrogens with two attached hydrogens (primary N) is 1. The first kappa shape index (κ1) is 25.7. The monoisotopic (exact) mass is 525 g/mol. The summed E-state index contributed by atoms with van der Waals surface area (Å²) in [4.78, 5) is 44.0. The number of nitrogens with zero attached hydrogens (tertiary/aromatic N) is 3. The SMILES string of the molecule is NC(=O)C1CCC(=O)N1CCCc1ccc(N=C(c2ccccc2)c2c(O)[nH]c3ccc([N+](=O)[O-])cc23)cc1. The highest BCUT2D eigenvalue weighted by atomic mass is 16.6. The average Bonchev–Trinajstić information content (AvgIpc) is 3.46. The van der Waals surface area contributed by atoms with Crippen molar-refractivity contribution in [3.63, 3.8) is 0 Å². The van der Waals surface area contributed by atoms with Gasteiger partial charge >= 0.3 is 0 Å². The van der Waals surface area contributed by atoms with Gasteiger partial charge in [0.05, 0.1) is 21.9 Å². The molecule has 0 aliphatic carbocycles. The molecule has 5 rings (SSSR count). The van der Waals surface area contributed by atoms with Gasteiger partial charge < -0.3 is 20.7 Å². The summed E-state index contributed by atoms with van der Waals surface area (Å²) in [5, 5.41) is 22.7. The lowest BCUT2D eigenvalue weighted by atomic mass is 10.0. The van der Waals surface area contributed by atoms with Gasteiger partial charge in [0.2, 0.25) is 11.8 Å². The number of aromatic nitrogens is 1. The zero-order valence-electron chi connectivity index (χ0n) is 21.0. The summed E-state index contributed by atoms with van der Waals surface area (Å²) in [5.74, 6) is -0.633. The molecule has 4 N–H and O–H groups in total. The van der Waals surface area contributed by atoms with Crippen molar-refractivity contribution in [2.24, 2.45) is 10.7 Å². The predicted molar refractivity (Wildman–Crippen MR) is 147 cm³/mol. The number of aryl methyl sites for hydroxylation is 1. The number of hydrogen-bond donors (Lipinski definition) is 3. The second kappa shape index (κ2) is 10.8. The number of non-ortho nitro benzene ring substituents is 1. The van der Waals surface area contributed by atoms with Gasteiger partial charge in [-0.05, 0) is 43.0 Å². The van der Waals surface area contributed by atoms with Crippen LogP contribution in [-0.4, -0.2) is 50.0 Å². The summed E-state index contributed by atoms with van der Waals surface area (Å²) in [6.45, 7) is 0.469. The molecular weight excluding hydrogens is 498 g/mol. The second-order valence-corrected chi connectivity index (χ2v) is 9.48. The summed E-state index contributed by atoms with van der Waals surface area (Å²) in [7, 11) is 0. The molecule has 1 aliphatic heterocycles. The molecule has 10 nitrogen and oxygen atoms in total. The fourth-order valence-corrected chi connectivity index (χ4v) is 5.01. The Kier molecular flexibility index (Phi) is 7.09. The smallest absolute Gasteiger partial charge is 0.270 e. The Morgan fingerprint density at radius 2 is 1.87 bits per heavy atom. The van der Waals surface area contributed by atoms with Gasteiger partial charge in [0.15, 0.2) is 5.88 Å². The third kappa shape index (κ3) is 5.35. The number of fused-ring (bicyclic) bond motifs is 1. The Labute approximate surface area is 223 Å². The number of hydrogen-bond acceptors (Lipinski definition) is 6. The summed E-state index contributed by atoms with van der Waals surface area (Å²) >= 11 is 0. The first-order valence-corrected chi connectivity index (χ1v) is 12.6. The number of amides is 2. The van der Waals surface area contributed by atoms with Gasteiger partial charge in [0.25, 0.3) is 5.69 Å². The molecule has 2 amide bonds. The minimum atomic E-state index is -0.520. The maximum absolute atomic E-state index is 12.1. The number of benzene rings is 3. The van der Waals surface area contributed by atoms with Crippen LogP contribution in [0.4, 0.5) is 11.4 Å². The summed E-state index contributed by atoms with van der Waals surface area (Å²) in [6.07, 6.45) is 2.22. The first-order valence-electron chi connectivity index (χ1n) is 12.6. The number of carbonyl (C=O) groups is 2. The maximum atomic E-state index is 12.1. The van der Waals surface area contributed by atoms with E-state index in [1.807, 2.05) is 54.6 Å². The highest BCUT2D eigenvalue weighted by Gasteiger charge is 2.34. The molecule has 0 spiro atoms. The van der Waals surface area contributed by atoms with E-state index in [9.17, 15) is 24.8 Å². The lowest BCUT2D eigenvalue weighted by molar-refractivity contribution is -0.384. The van der Waals surface area contributed by atoms with Gasteiger partial charge in [-0.15, -0.1) is 0 Å². The number of aromatic amines is 1. The zero-order chi connectivity index (χ0) is 27.5. The van der Waals surface area contributed by atoms with Crippen LogP contribution in [-0.2, 0) is 16.0 Å². The molecule has 1 aliphatic rings. The number of primary amides is 1. The molecule has 39 heavy (non-hydrogen) atoms. The Morgan fingerprint density at radius 3 is 2.56 bits per heavy atom. The Morgan fingerprint density at radius 1 is 1.13 bits per heavy atom. The lowest BCUT2D eigenvalue weighted by Crippen LogP contribution is -2.42. The predicted octanol–water partition coefficient (Wildman–Crippen LogP) is 4.36. The second-order valence-electron chi connectivity index (χ2n) is 9.48. The van der Waals surface area contributed by atoms with Crippen molar-refractivity contribution in [3.05, 3.63) is 99.6 Å². The fraction of sp³-hybridized carbons (Fsp3) is 0.207. The van der Waals surface area contributed by atoms with Crippen molar-refractivity contribution >= 4 is 39.8 Å². The zero-order valence-corrected chi connectivity index (χ0v) is 21.0. The Bertz CT molecular complexity index is 1580. The minimum absolute atomic E-state index is 0.0391. The van der Waals surface area contributed by atoms with Crippen molar-refractivity contribution in [1.82, 2.24) is 9.88 Å². The van der Waals surface area contributed by atoms with Crippen molar-refractivity contribution in [3.8, 4) is 5.88 Å². The molecule has 10 heteroatoms. The number of rotatable bonds is 9. The van der Waals surface area contributed by atoms with Crippen LogP contribution in [0.25, 0.3) is 10.9 Å². The summed E-state index contributed by atoms with van der Waals surface area (Å²) in [5.41, 5.74) is 9.18. The van der Waals surface area contributed by atoms with Gasteiger partial charge in [0, 0.05) is 41.6 Å². The highest BCUT2D eigenvalue weighted by molar-refractivity contribution is 6.22. The molecule has 3 aromatic carbocycles. The molecule has 1 aromatic heterocycles. The molecule has 1 saturated heterocycles. The van der Waals surface area contributed by atoms with Crippen molar-refractivity contribution < 1.29 is 19.6 Å². The van der Waals surface area contributed by atoms with Crippen molar-refractivity contribution in [2.75, 3.05) is 6.54 Å². The molecule has 1 unspecified atom stereocenters. The van der Waals surface area contributed by atoms with Gasteiger partial charge in [-0.3, -0.25) is 19.7 Å².